The topological polar surface area (TPSA) is 62.6 Å². The average Bonchev–Trinajstić information content (AvgIpc) is 3.22. The predicted molar refractivity (Wildman–Crippen MR) is 108 cm³/mol. The second-order valence-electron chi connectivity index (χ2n) is 7.67. The lowest BCUT2D eigenvalue weighted by molar-refractivity contribution is 0.496. The molecule has 1 aliphatic heterocycles. The summed E-state index contributed by atoms with van der Waals surface area (Å²) < 4.78 is 1.87. The average molecular weight is 360 g/mol. The number of rotatable bonds is 2. The molecule has 1 atom stereocenters. The molecule has 1 fully saturated rings. The highest BCUT2D eigenvalue weighted by molar-refractivity contribution is 5.92. The number of piperidine rings is 1. The van der Waals surface area contributed by atoms with Crippen LogP contribution in [0.25, 0.3) is 22.1 Å². The van der Waals surface area contributed by atoms with Crippen molar-refractivity contribution in [2.24, 2.45) is 7.05 Å². The Morgan fingerprint density at radius 2 is 2.07 bits per heavy atom. The lowest BCUT2D eigenvalue weighted by atomic mass is 9.96. The normalized spacial score (nSPS) is 17.9. The molecule has 4 aromatic rings. The summed E-state index contributed by atoms with van der Waals surface area (Å²) in [6.45, 7) is 6.21. The summed E-state index contributed by atoms with van der Waals surface area (Å²) in [5, 5.41) is 5.74. The van der Waals surface area contributed by atoms with Crippen molar-refractivity contribution in [3.05, 3.63) is 47.5 Å². The Kier molecular flexibility index (Phi) is 3.67. The van der Waals surface area contributed by atoms with E-state index in [1.54, 1.807) is 0 Å². The van der Waals surface area contributed by atoms with Gasteiger partial charge in [0, 0.05) is 32.3 Å². The molecule has 4 heterocycles. The van der Waals surface area contributed by atoms with Crippen molar-refractivity contribution in [3.63, 3.8) is 0 Å². The van der Waals surface area contributed by atoms with Gasteiger partial charge in [0.25, 0.3) is 0 Å². The molecule has 6 heteroatoms. The highest BCUT2D eigenvalue weighted by atomic mass is 15.3. The summed E-state index contributed by atoms with van der Waals surface area (Å²) >= 11 is 0. The molecule has 0 radical (unpaired) electrons. The van der Waals surface area contributed by atoms with Crippen LogP contribution in [0.15, 0.2) is 30.5 Å². The summed E-state index contributed by atoms with van der Waals surface area (Å²) in [6.07, 6.45) is 4.21. The van der Waals surface area contributed by atoms with Crippen LogP contribution in [0.1, 0.15) is 35.8 Å². The molecule has 1 saturated heterocycles. The van der Waals surface area contributed by atoms with E-state index in [4.69, 9.17) is 4.98 Å². The van der Waals surface area contributed by atoms with Crippen LogP contribution in [0.3, 0.4) is 0 Å². The molecule has 27 heavy (non-hydrogen) atoms. The van der Waals surface area contributed by atoms with Crippen molar-refractivity contribution < 1.29 is 0 Å². The summed E-state index contributed by atoms with van der Waals surface area (Å²) in [4.78, 5) is 15.4. The fourth-order valence-electron chi connectivity index (χ4n) is 4.37. The highest BCUT2D eigenvalue weighted by Gasteiger charge is 2.26. The molecule has 1 aromatic carbocycles. The third-order valence-corrected chi connectivity index (χ3v) is 5.68. The van der Waals surface area contributed by atoms with E-state index in [9.17, 15) is 0 Å². The lowest BCUT2D eigenvalue weighted by Gasteiger charge is -2.34. The Morgan fingerprint density at radius 1 is 1.19 bits per heavy atom. The van der Waals surface area contributed by atoms with E-state index in [2.05, 4.69) is 58.1 Å². The van der Waals surface area contributed by atoms with Gasteiger partial charge in [-0.2, -0.15) is 5.10 Å². The minimum atomic E-state index is 0.409. The number of hydrogen-bond donors (Lipinski definition) is 1. The molecule has 1 aliphatic rings. The summed E-state index contributed by atoms with van der Waals surface area (Å²) in [5.74, 6) is 1.51. The molecule has 0 bridgehead atoms. The molecular formula is C21H24N6. The standard InChI is InChI=1S/C21H24N6/c1-13-6-7-16-17(11-13)24-20(23-16)15-5-4-10-27(12-15)18-8-9-22-21-19(18)14(2)25-26(21)3/h6-9,11,15H,4-5,10,12H2,1-3H3,(H,23,24). The van der Waals surface area contributed by atoms with Gasteiger partial charge in [0.05, 0.1) is 27.8 Å². The molecule has 0 aliphatic carbocycles. The number of nitrogens with one attached hydrogen (secondary N) is 1. The van der Waals surface area contributed by atoms with E-state index < -0.39 is 0 Å². The molecular weight excluding hydrogens is 336 g/mol. The van der Waals surface area contributed by atoms with Gasteiger partial charge in [-0.15, -0.1) is 0 Å². The van der Waals surface area contributed by atoms with E-state index in [0.717, 1.165) is 54.1 Å². The van der Waals surface area contributed by atoms with Crippen molar-refractivity contribution in [1.29, 1.82) is 0 Å². The minimum absolute atomic E-state index is 0.409. The maximum absolute atomic E-state index is 4.88. The van der Waals surface area contributed by atoms with E-state index in [1.165, 1.54) is 16.6 Å². The number of fused-ring (bicyclic) bond motifs is 2. The quantitative estimate of drug-likeness (QED) is 0.590. The van der Waals surface area contributed by atoms with Crippen LogP contribution in [-0.4, -0.2) is 37.8 Å². The van der Waals surface area contributed by atoms with E-state index in [0.29, 0.717) is 5.92 Å². The Balaban J connectivity index is 1.50. The highest BCUT2D eigenvalue weighted by Crippen LogP contribution is 2.34. The van der Waals surface area contributed by atoms with Crippen molar-refractivity contribution in [3.8, 4) is 0 Å². The van der Waals surface area contributed by atoms with Gasteiger partial charge in [-0.05, 0) is 50.5 Å². The molecule has 3 aromatic heterocycles. The Bertz CT molecular complexity index is 1140. The first-order chi connectivity index (χ1) is 13.1. The van der Waals surface area contributed by atoms with Gasteiger partial charge >= 0.3 is 0 Å². The Labute approximate surface area is 158 Å². The molecule has 0 saturated carbocycles. The first-order valence-electron chi connectivity index (χ1n) is 9.59. The number of benzene rings is 1. The van der Waals surface area contributed by atoms with Crippen LogP contribution in [0.5, 0.6) is 0 Å². The van der Waals surface area contributed by atoms with Crippen molar-refractivity contribution in [2.45, 2.75) is 32.6 Å². The second kappa shape index (κ2) is 6.08. The van der Waals surface area contributed by atoms with E-state index in [1.807, 2.05) is 17.9 Å². The number of pyridine rings is 1. The predicted octanol–water partition coefficient (Wildman–Crippen LogP) is 3.85. The number of aromatic nitrogens is 5. The Hall–Kier alpha value is -2.89. The first kappa shape index (κ1) is 16.3. The molecule has 5 rings (SSSR count). The van der Waals surface area contributed by atoms with Gasteiger partial charge in [0.15, 0.2) is 5.65 Å². The molecule has 138 valence electrons. The van der Waals surface area contributed by atoms with Gasteiger partial charge in [0.1, 0.15) is 5.82 Å². The van der Waals surface area contributed by atoms with Crippen molar-refractivity contribution >= 4 is 27.8 Å². The third-order valence-electron chi connectivity index (χ3n) is 5.68. The molecule has 0 amide bonds. The van der Waals surface area contributed by atoms with Crippen LogP contribution in [0.2, 0.25) is 0 Å². The van der Waals surface area contributed by atoms with Gasteiger partial charge in [0.2, 0.25) is 0 Å². The smallest absolute Gasteiger partial charge is 0.159 e. The van der Waals surface area contributed by atoms with Gasteiger partial charge in [-0.25, -0.2) is 9.97 Å². The van der Waals surface area contributed by atoms with Gasteiger partial charge in [-0.3, -0.25) is 4.68 Å². The van der Waals surface area contributed by atoms with Crippen molar-refractivity contribution in [2.75, 3.05) is 18.0 Å². The number of aryl methyl sites for hydroxylation is 3. The maximum Gasteiger partial charge on any atom is 0.159 e. The Morgan fingerprint density at radius 3 is 2.96 bits per heavy atom. The molecule has 6 nitrogen and oxygen atoms in total. The maximum atomic E-state index is 4.88. The molecule has 0 spiro atoms. The molecule has 1 unspecified atom stereocenters. The summed E-state index contributed by atoms with van der Waals surface area (Å²) in [5.41, 5.74) is 6.68. The van der Waals surface area contributed by atoms with E-state index in [-0.39, 0.29) is 0 Å². The number of aromatic amines is 1. The fourth-order valence-corrected chi connectivity index (χ4v) is 4.37. The second-order valence-corrected chi connectivity index (χ2v) is 7.67. The monoisotopic (exact) mass is 360 g/mol. The zero-order valence-electron chi connectivity index (χ0n) is 16.0. The summed E-state index contributed by atoms with van der Waals surface area (Å²) in [7, 11) is 1.96. The van der Waals surface area contributed by atoms with E-state index >= 15 is 0 Å². The number of H-pyrrole nitrogens is 1. The van der Waals surface area contributed by atoms with Gasteiger partial charge in [-0.1, -0.05) is 6.07 Å². The summed E-state index contributed by atoms with van der Waals surface area (Å²) in [6, 6.07) is 8.54. The van der Waals surface area contributed by atoms with Crippen LogP contribution in [-0.2, 0) is 7.05 Å². The SMILES string of the molecule is Cc1ccc2nc(C3CCCN(c4ccnc5c4c(C)nn5C)C3)[nH]c2c1. The van der Waals surface area contributed by atoms with Gasteiger partial charge < -0.3 is 9.88 Å². The van der Waals surface area contributed by atoms with Crippen molar-refractivity contribution in [1.82, 2.24) is 24.7 Å². The van der Waals surface area contributed by atoms with Crippen LogP contribution < -0.4 is 4.90 Å². The largest absolute Gasteiger partial charge is 0.370 e. The zero-order chi connectivity index (χ0) is 18.5. The van der Waals surface area contributed by atoms with Crippen LogP contribution in [0, 0.1) is 13.8 Å². The number of anilines is 1. The van der Waals surface area contributed by atoms with Crippen LogP contribution >= 0.6 is 0 Å². The number of imidazole rings is 1. The number of nitrogens with zero attached hydrogens (tertiary/aromatic N) is 5. The fraction of sp³-hybridized carbons (Fsp3) is 0.381. The minimum Gasteiger partial charge on any atom is -0.370 e. The van der Waals surface area contributed by atoms with Crippen LogP contribution in [0.4, 0.5) is 5.69 Å². The lowest BCUT2D eigenvalue weighted by Crippen LogP contribution is -2.35. The zero-order valence-corrected chi connectivity index (χ0v) is 16.0. The first-order valence-corrected chi connectivity index (χ1v) is 9.59. The number of hydrogen-bond acceptors (Lipinski definition) is 4. The third kappa shape index (κ3) is 2.67. The molecule has 1 N–H and O–H groups in total.